The lowest BCUT2D eigenvalue weighted by Crippen LogP contribution is -2.49. The number of halogens is 1. The van der Waals surface area contributed by atoms with Gasteiger partial charge in [0.2, 0.25) is 21.8 Å². The van der Waals surface area contributed by atoms with Crippen LogP contribution in [-0.4, -0.2) is 50.7 Å². The highest BCUT2D eigenvalue weighted by Crippen LogP contribution is 2.23. The predicted molar refractivity (Wildman–Crippen MR) is 112 cm³/mol. The van der Waals surface area contributed by atoms with Gasteiger partial charge in [-0.3, -0.25) is 9.59 Å². The summed E-state index contributed by atoms with van der Waals surface area (Å²) < 4.78 is 26.6. The molecule has 8 nitrogen and oxygen atoms in total. The second kappa shape index (κ2) is 8.81. The highest BCUT2D eigenvalue weighted by Gasteiger charge is 2.29. The summed E-state index contributed by atoms with van der Waals surface area (Å²) in [6.07, 6.45) is 0. The number of hydrogen-bond acceptors (Lipinski definition) is 5. The fourth-order valence-corrected chi connectivity index (χ4v) is 4.56. The van der Waals surface area contributed by atoms with Gasteiger partial charge in [0, 0.05) is 18.8 Å². The number of benzene rings is 2. The molecule has 154 valence electrons. The van der Waals surface area contributed by atoms with Crippen molar-refractivity contribution in [3.8, 4) is 0 Å². The van der Waals surface area contributed by atoms with Crippen LogP contribution in [0.4, 0.5) is 11.4 Å². The number of aryl methyl sites for hydroxylation is 1. The highest BCUT2D eigenvalue weighted by atomic mass is 35.5. The molecule has 2 aromatic rings. The van der Waals surface area contributed by atoms with E-state index >= 15 is 0 Å². The Hall–Kier alpha value is -2.62. The first kappa shape index (κ1) is 21.1. The first-order chi connectivity index (χ1) is 13.8. The van der Waals surface area contributed by atoms with E-state index in [1.54, 1.807) is 24.3 Å². The molecule has 2 aromatic carbocycles. The van der Waals surface area contributed by atoms with Crippen LogP contribution in [0.5, 0.6) is 0 Å². The first-order valence-corrected chi connectivity index (χ1v) is 10.7. The van der Waals surface area contributed by atoms with Crippen molar-refractivity contribution in [2.75, 3.05) is 36.8 Å². The molecule has 0 aliphatic carbocycles. The summed E-state index contributed by atoms with van der Waals surface area (Å²) in [5, 5.41) is 8.64. The van der Waals surface area contributed by atoms with Gasteiger partial charge >= 0.3 is 0 Å². The zero-order chi connectivity index (χ0) is 21.0. The molecule has 0 radical (unpaired) electrons. The van der Waals surface area contributed by atoms with Gasteiger partial charge in [0.25, 0.3) is 0 Å². The minimum Gasteiger partial charge on any atom is -0.376 e. The third kappa shape index (κ3) is 5.26. The van der Waals surface area contributed by atoms with Crippen molar-refractivity contribution < 1.29 is 18.0 Å². The molecule has 3 N–H and O–H groups in total. The third-order valence-electron chi connectivity index (χ3n) is 4.33. The lowest BCUT2D eigenvalue weighted by molar-refractivity contribution is -0.122. The number of rotatable bonds is 6. The van der Waals surface area contributed by atoms with Crippen molar-refractivity contribution in [3.63, 3.8) is 0 Å². The van der Waals surface area contributed by atoms with Crippen LogP contribution in [-0.2, 0) is 19.6 Å². The monoisotopic (exact) mass is 436 g/mol. The number of hydrogen-bond donors (Lipinski definition) is 3. The smallest absolute Gasteiger partial charge is 0.243 e. The Morgan fingerprint density at radius 1 is 1.24 bits per heavy atom. The van der Waals surface area contributed by atoms with E-state index in [9.17, 15) is 18.0 Å². The number of nitrogens with one attached hydrogen (secondary N) is 3. The molecule has 3 rings (SSSR count). The van der Waals surface area contributed by atoms with Crippen molar-refractivity contribution >= 4 is 44.8 Å². The zero-order valence-electron chi connectivity index (χ0n) is 15.7. The molecule has 0 spiro atoms. The fraction of sp³-hybridized carbons (Fsp3) is 0.263. The van der Waals surface area contributed by atoms with E-state index in [1.165, 1.54) is 12.1 Å². The van der Waals surface area contributed by atoms with Gasteiger partial charge in [0.15, 0.2) is 0 Å². The minimum atomic E-state index is -3.80. The Morgan fingerprint density at radius 3 is 2.76 bits per heavy atom. The van der Waals surface area contributed by atoms with E-state index in [0.29, 0.717) is 16.4 Å². The average molecular weight is 437 g/mol. The van der Waals surface area contributed by atoms with E-state index < -0.39 is 10.0 Å². The lowest BCUT2D eigenvalue weighted by atomic mass is 10.2. The Bertz CT molecular complexity index is 1040. The SMILES string of the molecule is Cc1ccc(NC(=O)CNc2cccc(S(=O)(=O)N3CCNC(=O)C3)c2)c(Cl)c1. The van der Waals surface area contributed by atoms with Gasteiger partial charge in [-0.25, -0.2) is 8.42 Å². The Kier molecular flexibility index (Phi) is 6.41. The van der Waals surface area contributed by atoms with Crippen molar-refractivity contribution in [1.29, 1.82) is 0 Å². The van der Waals surface area contributed by atoms with E-state index in [0.717, 1.165) is 9.87 Å². The van der Waals surface area contributed by atoms with Gasteiger partial charge in [-0.1, -0.05) is 23.7 Å². The number of piperazine rings is 1. The van der Waals surface area contributed by atoms with Crippen LogP contribution in [0.1, 0.15) is 5.56 Å². The molecule has 0 saturated carbocycles. The Labute approximate surface area is 174 Å². The molecule has 0 bridgehead atoms. The molecule has 1 heterocycles. The Balaban J connectivity index is 1.65. The molecule has 0 atom stereocenters. The van der Waals surface area contributed by atoms with E-state index in [2.05, 4.69) is 16.0 Å². The van der Waals surface area contributed by atoms with Crippen molar-refractivity contribution in [2.45, 2.75) is 11.8 Å². The number of carbonyl (C=O) groups is 2. The molecule has 29 heavy (non-hydrogen) atoms. The average Bonchev–Trinajstić information content (AvgIpc) is 2.69. The van der Waals surface area contributed by atoms with E-state index in [-0.39, 0.29) is 42.9 Å². The zero-order valence-corrected chi connectivity index (χ0v) is 17.3. The molecule has 1 aliphatic rings. The topological polar surface area (TPSA) is 108 Å². The normalized spacial score (nSPS) is 14.9. The van der Waals surface area contributed by atoms with Gasteiger partial charge in [0.05, 0.1) is 28.7 Å². The third-order valence-corrected chi connectivity index (χ3v) is 6.48. The summed E-state index contributed by atoms with van der Waals surface area (Å²) in [5.74, 6) is -0.655. The lowest BCUT2D eigenvalue weighted by Gasteiger charge is -2.26. The minimum absolute atomic E-state index is 0.0548. The molecule has 2 amide bonds. The van der Waals surface area contributed by atoms with Crippen LogP contribution in [0.15, 0.2) is 47.4 Å². The molecule has 0 unspecified atom stereocenters. The maximum Gasteiger partial charge on any atom is 0.243 e. The van der Waals surface area contributed by atoms with Crippen LogP contribution in [0.25, 0.3) is 0 Å². The molecule has 10 heteroatoms. The standard InChI is InChI=1S/C19H21ClN4O4S/c1-13-5-6-17(16(20)9-13)23-18(25)11-22-14-3-2-4-15(10-14)29(27,28)24-8-7-21-19(26)12-24/h2-6,9-10,22H,7-8,11-12H2,1H3,(H,21,26)(H,23,25). The Morgan fingerprint density at radius 2 is 2.03 bits per heavy atom. The number of anilines is 2. The van der Waals surface area contributed by atoms with E-state index in [1.807, 2.05) is 13.0 Å². The second-order valence-electron chi connectivity index (χ2n) is 6.60. The molecule has 0 aromatic heterocycles. The predicted octanol–water partition coefficient (Wildman–Crippen LogP) is 1.82. The summed E-state index contributed by atoms with van der Waals surface area (Å²) in [6.45, 7) is 2.11. The van der Waals surface area contributed by atoms with Crippen molar-refractivity contribution in [3.05, 3.63) is 53.1 Å². The number of amides is 2. The van der Waals surface area contributed by atoms with Gasteiger partial charge < -0.3 is 16.0 Å². The summed E-state index contributed by atoms with van der Waals surface area (Å²) in [5.41, 5.74) is 1.96. The van der Waals surface area contributed by atoms with Crippen molar-refractivity contribution in [2.24, 2.45) is 0 Å². The quantitative estimate of drug-likeness (QED) is 0.640. The number of nitrogens with zero attached hydrogens (tertiary/aromatic N) is 1. The van der Waals surface area contributed by atoms with Crippen LogP contribution < -0.4 is 16.0 Å². The highest BCUT2D eigenvalue weighted by molar-refractivity contribution is 7.89. The maximum absolute atomic E-state index is 12.8. The maximum atomic E-state index is 12.8. The van der Waals surface area contributed by atoms with Gasteiger partial charge in [-0.2, -0.15) is 4.31 Å². The van der Waals surface area contributed by atoms with Crippen molar-refractivity contribution in [1.82, 2.24) is 9.62 Å². The number of sulfonamides is 1. The van der Waals surface area contributed by atoms with Crippen LogP contribution in [0, 0.1) is 6.92 Å². The van der Waals surface area contributed by atoms with Gasteiger partial charge in [-0.05, 0) is 42.8 Å². The summed E-state index contributed by atoms with van der Waals surface area (Å²) in [4.78, 5) is 23.7. The first-order valence-electron chi connectivity index (χ1n) is 8.92. The number of carbonyl (C=O) groups excluding carboxylic acids is 2. The van der Waals surface area contributed by atoms with Gasteiger partial charge in [-0.15, -0.1) is 0 Å². The van der Waals surface area contributed by atoms with E-state index in [4.69, 9.17) is 11.6 Å². The molecule has 1 aliphatic heterocycles. The van der Waals surface area contributed by atoms with Crippen LogP contribution >= 0.6 is 11.6 Å². The summed E-state index contributed by atoms with van der Waals surface area (Å²) in [6, 6.07) is 11.4. The van der Waals surface area contributed by atoms with Gasteiger partial charge in [0.1, 0.15) is 0 Å². The molecular weight excluding hydrogens is 416 g/mol. The summed E-state index contributed by atoms with van der Waals surface area (Å²) >= 11 is 6.11. The summed E-state index contributed by atoms with van der Waals surface area (Å²) in [7, 11) is -3.80. The largest absolute Gasteiger partial charge is 0.376 e. The molecule has 1 fully saturated rings. The van der Waals surface area contributed by atoms with Crippen LogP contribution in [0.3, 0.4) is 0 Å². The van der Waals surface area contributed by atoms with Crippen LogP contribution in [0.2, 0.25) is 5.02 Å². The fourth-order valence-electron chi connectivity index (χ4n) is 2.83. The second-order valence-corrected chi connectivity index (χ2v) is 8.95. The molecular formula is C19H21ClN4O4S. The molecule has 1 saturated heterocycles.